The minimum atomic E-state index is 0.555. The van der Waals surface area contributed by atoms with E-state index >= 15 is 0 Å². The summed E-state index contributed by atoms with van der Waals surface area (Å²) in [5.41, 5.74) is 7.82. The molecule has 0 spiro atoms. The highest BCUT2D eigenvalue weighted by atomic mass is 14.8. The first kappa shape index (κ1) is 8.69. The number of hydrogen-bond acceptors (Lipinski definition) is 3. The van der Waals surface area contributed by atoms with Crippen LogP contribution < -0.4 is 5.73 Å². The summed E-state index contributed by atoms with van der Waals surface area (Å²) in [4.78, 5) is 8.09. The second kappa shape index (κ2) is 3.87. The topological polar surface area (TPSA) is 51.8 Å². The maximum atomic E-state index is 5.50. The van der Waals surface area contributed by atoms with E-state index < -0.39 is 0 Å². The van der Waals surface area contributed by atoms with E-state index in [-0.39, 0.29) is 0 Å². The van der Waals surface area contributed by atoms with E-state index in [9.17, 15) is 0 Å². The number of hydrogen-bond donors (Lipinski definition) is 1. The fraction of sp³-hybridized carbons (Fsp3) is 0.0909. The van der Waals surface area contributed by atoms with Crippen LogP contribution in [-0.4, -0.2) is 9.97 Å². The number of nitrogens with zero attached hydrogens (tertiary/aromatic N) is 2. The van der Waals surface area contributed by atoms with Gasteiger partial charge >= 0.3 is 0 Å². The molecule has 0 aliphatic rings. The van der Waals surface area contributed by atoms with Crippen LogP contribution in [0.15, 0.2) is 42.9 Å². The SMILES string of the molecule is Nc1ccc(Cc2cccnc2)cn1. The number of nitrogen functional groups attached to an aromatic ring is 1. The highest BCUT2D eigenvalue weighted by Gasteiger charge is 1.95. The van der Waals surface area contributed by atoms with Gasteiger partial charge in [-0.3, -0.25) is 4.98 Å². The third-order valence-electron chi connectivity index (χ3n) is 1.98. The molecule has 0 atom stereocenters. The van der Waals surface area contributed by atoms with Crippen molar-refractivity contribution >= 4 is 5.82 Å². The van der Waals surface area contributed by atoms with Gasteiger partial charge < -0.3 is 5.73 Å². The molecule has 2 rings (SSSR count). The number of aromatic nitrogens is 2. The van der Waals surface area contributed by atoms with Crippen LogP contribution in [0.5, 0.6) is 0 Å². The van der Waals surface area contributed by atoms with Gasteiger partial charge in [0.15, 0.2) is 0 Å². The number of nitrogens with two attached hydrogens (primary N) is 1. The van der Waals surface area contributed by atoms with Crippen molar-refractivity contribution < 1.29 is 0 Å². The Morgan fingerprint density at radius 1 is 1.07 bits per heavy atom. The standard InChI is InChI=1S/C11H11N3/c12-11-4-3-10(8-14-11)6-9-2-1-5-13-7-9/h1-5,7-8H,6H2,(H2,12,14). The Kier molecular flexibility index (Phi) is 2.40. The lowest BCUT2D eigenvalue weighted by molar-refractivity contribution is 1.12. The molecule has 0 aliphatic heterocycles. The molecule has 0 saturated heterocycles. The summed E-state index contributed by atoms with van der Waals surface area (Å²) in [6.45, 7) is 0. The van der Waals surface area contributed by atoms with Gasteiger partial charge in [-0.2, -0.15) is 0 Å². The van der Waals surface area contributed by atoms with Crippen LogP contribution in [0.25, 0.3) is 0 Å². The molecule has 3 heteroatoms. The third kappa shape index (κ3) is 2.07. The Balaban J connectivity index is 2.16. The molecule has 70 valence electrons. The zero-order valence-corrected chi connectivity index (χ0v) is 7.72. The second-order valence-electron chi connectivity index (χ2n) is 3.13. The van der Waals surface area contributed by atoms with E-state index in [1.54, 1.807) is 12.4 Å². The Morgan fingerprint density at radius 3 is 2.57 bits per heavy atom. The maximum absolute atomic E-state index is 5.50. The summed E-state index contributed by atoms with van der Waals surface area (Å²) in [6.07, 6.45) is 6.27. The summed E-state index contributed by atoms with van der Waals surface area (Å²) in [6, 6.07) is 7.77. The summed E-state index contributed by atoms with van der Waals surface area (Å²) >= 11 is 0. The van der Waals surface area contributed by atoms with Gasteiger partial charge in [-0.1, -0.05) is 12.1 Å². The minimum absolute atomic E-state index is 0.555. The van der Waals surface area contributed by atoms with Crippen molar-refractivity contribution in [2.75, 3.05) is 5.73 Å². The molecule has 0 radical (unpaired) electrons. The predicted molar refractivity (Wildman–Crippen MR) is 55.7 cm³/mol. The Bertz CT molecular complexity index is 395. The first-order valence-corrected chi connectivity index (χ1v) is 4.44. The molecule has 2 aromatic rings. The van der Waals surface area contributed by atoms with E-state index in [1.807, 2.05) is 30.5 Å². The molecular formula is C11H11N3. The van der Waals surface area contributed by atoms with Crippen molar-refractivity contribution in [1.29, 1.82) is 0 Å². The van der Waals surface area contributed by atoms with Crippen molar-refractivity contribution in [3.05, 3.63) is 54.0 Å². The molecule has 0 unspecified atom stereocenters. The second-order valence-corrected chi connectivity index (χ2v) is 3.13. The van der Waals surface area contributed by atoms with Crippen LogP contribution in [0, 0.1) is 0 Å². The summed E-state index contributed by atoms with van der Waals surface area (Å²) in [7, 11) is 0. The van der Waals surface area contributed by atoms with Crippen molar-refractivity contribution in [1.82, 2.24) is 9.97 Å². The third-order valence-corrected chi connectivity index (χ3v) is 1.98. The van der Waals surface area contributed by atoms with Gasteiger partial charge in [0.2, 0.25) is 0 Å². The highest BCUT2D eigenvalue weighted by Crippen LogP contribution is 2.07. The average molecular weight is 185 g/mol. The van der Waals surface area contributed by atoms with Crippen molar-refractivity contribution in [2.24, 2.45) is 0 Å². The summed E-state index contributed by atoms with van der Waals surface area (Å²) < 4.78 is 0. The van der Waals surface area contributed by atoms with E-state index in [1.165, 1.54) is 5.56 Å². The van der Waals surface area contributed by atoms with Crippen LogP contribution >= 0.6 is 0 Å². The molecule has 14 heavy (non-hydrogen) atoms. The quantitative estimate of drug-likeness (QED) is 0.774. The molecule has 0 amide bonds. The van der Waals surface area contributed by atoms with Crippen LogP contribution in [0.3, 0.4) is 0 Å². The van der Waals surface area contributed by atoms with Gasteiger partial charge in [-0.05, 0) is 23.3 Å². The molecular weight excluding hydrogens is 174 g/mol. The zero-order chi connectivity index (χ0) is 9.80. The molecule has 0 saturated carbocycles. The van der Waals surface area contributed by atoms with Crippen LogP contribution in [0.4, 0.5) is 5.82 Å². The number of pyridine rings is 2. The van der Waals surface area contributed by atoms with E-state index in [0.29, 0.717) is 5.82 Å². The normalized spacial score (nSPS) is 10.0. The molecule has 2 N–H and O–H groups in total. The molecule has 3 nitrogen and oxygen atoms in total. The lowest BCUT2D eigenvalue weighted by atomic mass is 10.1. The van der Waals surface area contributed by atoms with Gasteiger partial charge in [0.25, 0.3) is 0 Å². The predicted octanol–water partition coefficient (Wildman–Crippen LogP) is 1.65. The van der Waals surface area contributed by atoms with Gasteiger partial charge in [0, 0.05) is 25.0 Å². The van der Waals surface area contributed by atoms with E-state index in [2.05, 4.69) is 9.97 Å². The van der Waals surface area contributed by atoms with Gasteiger partial charge in [-0.15, -0.1) is 0 Å². The van der Waals surface area contributed by atoms with Crippen LogP contribution in [0.2, 0.25) is 0 Å². The first-order valence-electron chi connectivity index (χ1n) is 4.44. The summed E-state index contributed by atoms with van der Waals surface area (Å²) in [5, 5.41) is 0. The van der Waals surface area contributed by atoms with Crippen LogP contribution in [-0.2, 0) is 6.42 Å². The Labute approximate surface area is 82.6 Å². The fourth-order valence-electron chi connectivity index (χ4n) is 1.28. The summed E-state index contributed by atoms with van der Waals surface area (Å²) in [5.74, 6) is 0.555. The van der Waals surface area contributed by atoms with Crippen molar-refractivity contribution in [2.45, 2.75) is 6.42 Å². The van der Waals surface area contributed by atoms with Crippen LogP contribution in [0.1, 0.15) is 11.1 Å². The van der Waals surface area contributed by atoms with Crippen molar-refractivity contribution in [3.8, 4) is 0 Å². The lowest BCUT2D eigenvalue weighted by Crippen LogP contribution is -1.93. The Morgan fingerprint density at radius 2 is 1.93 bits per heavy atom. The molecule has 2 heterocycles. The zero-order valence-electron chi connectivity index (χ0n) is 7.72. The molecule has 0 fully saturated rings. The maximum Gasteiger partial charge on any atom is 0.123 e. The molecule has 0 aromatic carbocycles. The largest absolute Gasteiger partial charge is 0.384 e. The van der Waals surface area contributed by atoms with Gasteiger partial charge in [-0.25, -0.2) is 4.98 Å². The minimum Gasteiger partial charge on any atom is -0.384 e. The van der Waals surface area contributed by atoms with Gasteiger partial charge in [0.1, 0.15) is 5.82 Å². The Hall–Kier alpha value is -1.90. The molecule has 0 aliphatic carbocycles. The van der Waals surface area contributed by atoms with E-state index in [4.69, 9.17) is 5.73 Å². The highest BCUT2D eigenvalue weighted by molar-refractivity contribution is 5.31. The molecule has 2 aromatic heterocycles. The number of anilines is 1. The van der Waals surface area contributed by atoms with E-state index in [0.717, 1.165) is 12.0 Å². The average Bonchev–Trinajstić information content (AvgIpc) is 2.23. The number of rotatable bonds is 2. The lowest BCUT2D eigenvalue weighted by Gasteiger charge is -2.00. The van der Waals surface area contributed by atoms with Crippen molar-refractivity contribution in [3.63, 3.8) is 0 Å². The smallest absolute Gasteiger partial charge is 0.123 e. The first-order chi connectivity index (χ1) is 6.84. The van der Waals surface area contributed by atoms with Gasteiger partial charge in [0.05, 0.1) is 0 Å². The monoisotopic (exact) mass is 185 g/mol. The fourth-order valence-corrected chi connectivity index (χ4v) is 1.28. The molecule has 0 bridgehead atoms.